The summed E-state index contributed by atoms with van der Waals surface area (Å²) < 4.78 is 0. The van der Waals surface area contributed by atoms with Crippen LogP contribution in [0.3, 0.4) is 0 Å². The highest BCUT2D eigenvalue weighted by molar-refractivity contribution is 5.77. The van der Waals surface area contributed by atoms with E-state index in [1.807, 2.05) is 0 Å². The van der Waals surface area contributed by atoms with Gasteiger partial charge in [0.1, 0.15) is 18.1 Å². The molecule has 0 aliphatic carbocycles. The van der Waals surface area contributed by atoms with Crippen LogP contribution < -0.4 is 22.9 Å². The normalized spacial score (nSPS) is 12.6. The number of nitrogens with two attached hydrogens (primary N) is 4. The van der Waals surface area contributed by atoms with Gasteiger partial charge in [-0.05, 0) is 12.8 Å². The number of aromatic nitrogens is 2. The zero-order valence-corrected chi connectivity index (χ0v) is 16.5. The van der Waals surface area contributed by atoms with Crippen molar-refractivity contribution in [3.05, 3.63) is 18.2 Å². The predicted molar refractivity (Wildman–Crippen MR) is 104 cm³/mol. The van der Waals surface area contributed by atoms with Crippen molar-refractivity contribution in [3.63, 3.8) is 0 Å². The zero-order chi connectivity index (χ0) is 24.6. The molecule has 15 heteroatoms. The Kier molecular flexibility index (Phi) is 15.5. The van der Waals surface area contributed by atoms with Crippen molar-refractivity contribution in [2.75, 3.05) is 0 Å². The molecule has 0 aromatic carbocycles. The first-order chi connectivity index (χ1) is 14.3. The van der Waals surface area contributed by atoms with E-state index in [1.165, 1.54) is 6.33 Å². The Hall–Kier alpha value is -3.56. The summed E-state index contributed by atoms with van der Waals surface area (Å²) >= 11 is 0. The molecule has 0 bridgehead atoms. The highest BCUT2D eigenvalue weighted by Gasteiger charge is 2.13. The van der Waals surface area contributed by atoms with Crippen molar-refractivity contribution in [1.29, 1.82) is 0 Å². The van der Waals surface area contributed by atoms with E-state index in [4.69, 9.17) is 43.4 Å². The number of amides is 1. The summed E-state index contributed by atoms with van der Waals surface area (Å²) in [6, 6.07) is -2.90. The van der Waals surface area contributed by atoms with Crippen molar-refractivity contribution in [3.8, 4) is 0 Å². The second-order valence-electron chi connectivity index (χ2n) is 6.04. The molecule has 0 fully saturated rings. The van der Waals surface area contributed by atoms with Crippen molar-refractivity contribution in [2.45, 2.75) is 50.2 Å². The molecule has 1 amide bonds. The number of carboxylic acids is 4. The minimum atomic E-state index is -1.17. The summed E-state index contributed by atoms with van der Waals surface area (Å²) in [4.78, 5) is 56.8. The Morgan fingerprint density at radius 3 is 1.61 bits per heavy atom. The smallest absolute Gasteiger partial charge is 0.320 e. The Labute approximate surface area is 176 Å². The van der Waals surface area contributed by atoms with E-state index in [1.54, 1.807) is 6.20 Å². The summed E-state index contributed by atoms with van der Waals surface area (Å²) in [6.45, 7) is 0. The molecule has 13 N–H and O–H groups in total. The highest BCUT2D eigenvalue weighted by Crippen LogP contribution is 1.95. The average Bonchev–Trinajstić information content (AvgIpc) is 3.17. The number of rotatable bonds is 11. The van der Waals surface area contributed by atoms with Crippen LogP contribution in [0.25, 0.3) is 0 Å². The van der Waals surface area contributed by atoms with E-state index in [9.17, 15) is 24.0 Å². The maximum atomic E-state index is 10.3. The van der Waals surface area contributed by atoms with Crippen LogP contribution in [0, 0.1) is 0 Å². The van der Waals surface area contributed by atoms with Gasteiger partial charge >= 0.3 is 23.9 Å². The number of primary amides is 1. The molecule has 0 radical (unpaired) electrons. The lowest BCUT2D eigenvalue weighted by Gasteiger charge is -2.01. The summed E-state index contributed by atoms with van der Waals surface area (Å²) in [5.74, 6) is -4.84. The monoisotopic (exact) mass is 448 g/mol. The lowest BCUT2D eigenvalue weighted by molar-refractivity contribution is -0.141. The molecule has 0 spiro atoms. The lowest BCUT2D eigenvalue weighted by Crippen LogP contribution is -2.32. The van der Waals surface area contributed by atoms with Crippen molar-refractivity contribution in [1.82, 2.24) is 9.97 Å². The summed E-state index contributed by atoms with van der Waals surface area (Å²) in [5.41, 5.74) is 20.7. The minimum absolute atomic E-state index is 0.0213. The number of aromatic amines is 1. The number of nitrogens with one attached hydrogen (secondary N) is 1. The van der Waals surface area contributed by atoms with E-state index in [0.717, 1.165) is 0 Å². The Bertz CT molecular complexity index is 676. The maximum absolute atomic E-state index is 10.3. The van der Waals surface area contributed by atoms with E-state index < -0.39 is 47.9 Å². The van der Waals surface area contributed by atoms with E-state index in [2.05, 4.69) is 9.97 Å². The van der Waals surface area contributed by atoms with Gasteiger partial charge in [-0.3, -0.25) is 24.0 Å². The number of aliphatic carboxylic acids is 4. The third kappa shape index (κ3) is 18.2. The van der Waals surface area contributed by atoms with Gasteiger partial charge in [-0.2, -0.15) is 0 Å². The zero-order valence-electron chi connectivity index (χ0n) is 16.5. The van der Waals surface area contributed by atoms with Crippen molar-refractivity contribution in [2.24, 2.45) is 22.9 Å². The molecule has 31 heavy (non-hydrogen) atoms. The van der Waals surface area contributed by atoms with Gasteiger partial charge in [0.2, 0.25) is 5.91 Å². The average molecular weight is 448 g/mol. The van der Waals surface area contributed by atoms with Crippen molar-refractivity contribution >= 4 is 29.8 Å². The molecule has 3 unspecified atom stereocenters. The molecule has 0 aliphatic heterocycles. The Balaban J connectivity index is 0. The SMILES string of the molecule is NC(=O)CCC(N)C(=O)O.NC(CCC(=O)O)C(=O)O.NC(Cc1c[nH]cn1)C(=O)O. The molecule has 0 saturated heterocycles. The highest BCUT2D eigenvalue weighted by atomic mass is 16.4. The first kappa shape index (κ1) is 29.6. The van der Waals surface area contributed by atoms with Crippen LogP contribution in [0.5, 0.6) is 0 Å². The van der Waals surface area contributed by atoms with Crippen LogP contribution in [0.2, 0.25) is 0 Å². The predicted octanol–water partition coefficient (Wildman–Crippen LogP) is -2.71. The fourth-order valence-corrected chi connectivity index (χ4v) is 1.54. The molecular weight excluding hydrogens is 420 g/mol. The van der Waals surface area contributed by atoms with Crippen LogP contribution in [0.1, 0.15) is 31.4 Å². The lowest BCUT2D eigenvalue weighted by atomic mass is 10.2. The van der Waals surface area contributed by atoms with Crippen LogP contribution in [0.15, 0.2) is 12.5 Å². The van der Waals surface area contributed by atoms with Gasteiger partial charge < -0.3 is 48.3 Å². The van der Waals surface area contributed by atoms with Crippen LogP contribution >= 0.6 is 0 Å². The second kappa shape index (κ2) is 16.3. The number of nitrogens with zero attached hydrogens (tertiary/aromatic N) is 1. The van der Waals surface area contributed by atoms with Crippen molar-refractivity contribution < 1.29 is 44.4 Å². The van der Waals surface area contributed by atoms with Gasteiger partial charge in [0.25, 0.3) is 0 Å². The first-order valence-corrected chi connectivity index (χ1v) is 8.70. The molecule has 3 atom stereocenters. The number of carboxylic acid groups (broad SMARTS) is 4. The molecular formula is C16H28N6O9. The van der Waals surface area contributed by atoms with E-state index in [0.29, 0.717) is 5.69 Å². The van der Waals surface area contributed by atoms with E-state index >= 15 is 0 Å². The summed E-state index contributed by atoms with van der Waals surface area (Å²) in [7, 11) is 0. The van der Waals surface area contributed by atoms with Gasteiger partial charge in [0, 0.05) is 25.5 Å². The largest absolute Gasteiger partial charge is 0.481 e. The Morgan fingerprint density at radius 1 is 0.839 bits per heavy atom. The Morgan fingerprint density at radius 2 is 1.29 bits per heavy atom. The van der Waals surface area contributed by atoms with Crippen LogP contribution in [0.4, 0.5) is 0 Å². The summed E-state index contributed by atoms with van der Waals surface area (Å²) in [6.07, 6.45) is 3.28. The molecule has 0 aliphatic rings. The molecule has 176 valence electrons. The standard InChI is InChI=1S/C6H9N3O2.C5H10N2O3.C5H9NO4/c7-5(6(10)11)1-4-2-8-3-9-4;2*6-3(5(9)10)1-2-4(7)8/h2-3,5H,1,7H2,(H,8,9)(H,10,11);3H,1-2,6H2,(H2,7,8)(H,9,10);3H,1-2,6H2,(H,7,8)(H,9,10). The third-order valence-electron chi connectivity index (χ3n) is 3.31. The summed E-state index contributed by atoms with van der Waals surface area (Å²) in [5, 5.41) is 32.9. The van der Waals surface area contributed by atoms with Gasteiger partial charge in [-0.25, -0.2) is 4.98 Å². The molecule has 1 aromatic heterocycles. The third-order valence-corrected chi connectivity index (χ3v) is 3.31. The van der Waals surface area contributed by atoms with Gasteiger partial charge in [0.05, 0.1) is 12.0 Å². The first-order valence-electron chi connectivity index (χ1n) is 8.70. The molecule has 1 rings (SSSR count). The number of H-pyrrole nitrogens is 1. The fraction of sp³-hybridized carbons (Fsp3) is 0.500. The fourth-order valence-electron chi connectivity index (χ4n) is 1.54. The quantitative estimate of drug-likeness (QED) is 0.166. The van der Waals surface area contributed by atoms with Gasteiger partial charge in [-0.15, -0.1) is 0 Å². The molecule has 1 aromatic rings. The number of carbonyl (C=O) groups excluding carboxylic acids is 1. The number of imidazole rings is 1. The number of hydrogen-bond donors (Lipinski definition) is 9. The number of hydrogen-bond acceptors (Lipinski definition) is 9. The number of carbonyl (C=O) groups is 5. The second-order valence-corrected chi connectivity index (χ2v) is 6.04. The van der Waals surface area contributed by atoms with E-state index in [-0.39, 0.29) is 32.1 Å². The molecule has 0 saturated carbocycles. The van der Waals surface area contributed by atoms with Crippen LogP contribution in [-0.4, -0.2) is 78.3 Å². The maximum Gasteiger partial charge on any atom is 0.320 e. The topological polar surface area (TPSA) is 299 Å². The van der Waals surface area contributed by atoms with Crippen LogP contribution in [-0.2, 0) is 30.4 Å². The molecule has 15 nitrogen and oxygen atoms in total. The van der Waals surface area contributed by atoms with Gasteiger partial charge in [0.15, 0.2) is 0 Å². The van der Waals surface area contributed by atoms with Gasteiger partial charge in [-0.1, -0.05) is 0 Å². The molecule has 1 heterocycles. The minimum Gasteiger partial charge on any atom is -0.481 e.